The monoisotopic (exact) mass is 374 g/mol. The van der Waals surface area contributed by atoms with Crippen LogP contribution in [0.15, 0.2) is 60.8 Å². The Kier molecular flexibility index (Phi) is 5.21. The molecule has 4 aromatic rings. The second-order valence-electron chi connectivity index (χ2n) is 6.59. The molecule has 0 saturated heterocycles. The highest BCUT2D eigenvalue weighted by Gasteiger charge is 2.08. The van der Waals surface area contributed by atoms with Gasteiger partial charge in [0.15, 0.2) is 0 Å². The third-order valence-electron chi connectivity index (χ3n) is 4.40. The number of para-hydroxylation sites is 1. The number of nitrogens with zero attached hydrogens (tertiary/aromatic N) is 2. The number of H-pyrrole nitrogens is 1. The average Bonchev–Trinajstić information content (AvgIpc) is 3.07. The van der Waals surface area contributed by atoms with Crippen LogP contribution in [-0.4, -0.2) is 33.3 Å². The number of ether oxygens (including phenoxy) is 1. The molecule has 0 bridgehead atoms. The van der Waals surface area contributed by atoms with Crippen LogP contribution in [0.3, 0.4) is 0 Å². The SMILES string of the molecule is Cc1cc2cc(Nc3ccnc(Cc4ccccc4OCCO)n3)ccc2[nH]1. The van der Waals surface area contributed by atoms with E-state index in [0.29, 0.717) is 12.2 Å². The standard InChI is InChI=1S/C22H22N4O2/c1-15-12-17-13-18(6-7-19(17)24-15)25-21-8-9-23-22(26-21)14-16-4-2-3-5-20(16)28-11-10-27/h2-9,12-13,24,27H,10-11,14H2,1H3,(H,23,25,26). The highest BCUT2D eigenvalue weighted by Crippen LogP contribution is 2.23. The second-order valence-corrected chi connectivity index (χ2v) is 6.59. The lowest BCUT2D eigenvalue weighted by Crippen LogP contribution is -2.05. The van der Waals surface area contributed by atoms with Crippen LogP contribution in [0.5, 0.6) is 5.75 Å². The molecule has 0 aliphatic carbocycles. The number of aromatic nitrogens is 3. The maximum absolute atomic E-state index is 8.99. The van der Waals surface area contributed by atoms with Crippen LogP contribution in [0.1, 0.15) is 17.1 Å². The first-order valence-corrected chi connectivity index (χ1v) is 9.21. The molecule has 3 N–H and O–H groups in total. The van der Waals surface area contributed by atoms with Gasteiger partial charge in [-0.1, -0.05) is 18.2 Å². The summed E-state index contributed by atoms with van der Waals surface area (Å²) < 4.78 is 5.60. The normalized spacial score (nSPS) is 10.9. The number of fused-ring (bicyclic) bond motifs is 1. The third-order valence-corrected chi connectivity index (χ3v) is 4.40. The van der Waals surface area contributed by atoms with Crippen molar-refractivity contribution in [2.24, 2.45) is 0 Å². The molecule has 0 aliphatic rings. The van der Waals surface area contributed by atoms with Crippen molar-refractivity contribution in [1.82, 2.24) is 15.0 Å². The minimum Gasteiger partial charge on any atom is -0.491 e. The Morgan fingerprint density at radius 3 is 2.89 bits per heavy atom. The minimum atomic E-state index is -0.0186. The quantitative estimate of drug-likeness (QED) is 0.456. The summed E-state index contributed by atoms with van der Waals surface area (Å²) in [4.78, 5) is 12.3. The van der Waals surface area contributed by atoms with Crippen LogP contribution in [0.25, 0.3) is 10.9 Å². The summed E-state index contributed by atoms with van der Waals surface area (Å²) in [7, 11) is 0. The van der Waals surface area contributed by atoms with Gasteiger partial charge in [-0.3, -0.25) is 0 Å². The fraction of sp³-hybridized carbons (Fsp3) is 0.182. The van der Waals surface area contributed by atoms with Crippen molar-refractivity contribution in [3.63, 3.8) is 0 Å². The number of nitrogens with one attached hydrogen (secondary N) is 2. The number of rotatable bonds is 7. The molecule has 0 amide bonds. The molecule has 6 heteroatoms. The summed E-state index contributed by atoms with van der Waals surface area (Å²) in [6.45, 7) is 2.29. The molecule has 4 rings (SSSR count). The van der Waals surface area contributed by atoms with E-state index in [9.17, 15) is 0 Å². The highest BCUT2D eigenvalue weighted by molar-refractivity contribution is 5.84. The number of aryl methyl sites for hydroxylation is 1. The third kappa shape index (κ3) is 4.13. The van der Waals surface area contributed by atoms with Gasteiger partial charge in [0, 0.05) is 40.5 Å². The van der Waals surface area contributed by atoms with Gasteiger partial charge in [-0.25, -0.2) is 9.97 Å². The van der Waals surface area contributed by atoms with Gasteiger partial charge in [-0.15, -0.1) is 0 Å². The van der Waals surface area contributed by atoms with E-state index in [2.05, 4.69) is 38.5 Å². The van der Waals surface area contributed by atoms with Crippen molar-refractivity contribution in [1.29, 1.82) is 0 Å². The van der Waals surface area contributed by atoms with Crippen LogP contribution in [0.4, 0.5) is 11.5 Å². The van der Waals surface area contributed by atoms with Gasteiger partial charge in [0.2, 0.25) is 0 Å². The Morgan fingerprint density at radius 1 is 1.11 bits per heavy atom. The number of anilines is 2. The summed E-state index contributed by atoms with van der Waals surface area (Å²) in [5.74, 6) is 2.18. The van der Waals surface area contributed by atoms with Gasteiger partial charge in [0.1, 0.15) is 24.0 Å². The largest absolute Gasteiger partial charge is 0.491 e. The van der Waals surface area contributed by atoms with E-state index in [1.54, 1.807) is 6.20 Å². The van der Waals surface area contributed by atoms with Crippen LogP contribution in [0.2, 0.25) is 0 Å². The Morgan fingerprint density at radius 2 is 2.00 bits per heavy atom. The lowest BCUT2D eigenvalue weighted by molar-refractivity contribution is 0.200. The van der Waals surface area contributed by atoms with Crippen LogP contribution in [0, 0.1) is 6.92 Å². The van der Waals surface area contributed by atoms with E-state index in [0.717, 1.165) is 39.4 Å². The van der Waals surface area contributed by atoms with E-state index in [-0.39, 0.29) is 13.2 Å². The fourth-order valence-corrected chi connectivity index (χ4v) is 3.17. The first-order chi connectivity index (χ1) is 13.7. The van der Waals surface area contributed by atoms with Crippen LogP contribution < -0.4 is 10.1 Å². The summed E-state index contributed by atoms with van der Waals surface area (Å²) in [6, 6.07) is 17.9. The summed E-state index contributed by atoms with van der Waals surface area (Å²) in [6.07, 6.45) is 2.30. The molecular weight excluding hydrogens is 352 g/mol. The molecule has 0 unspecified atom stereocenters. The van der Waals surface area contributed by atoms with E-state index in [4.69, 9.17) is 9.84 Å². The zero-order valence-corrected chi connectivity index (χ0v) is 15.6. The number of benzene rings is 2. The van der Waals surface area contributed by atoms with Crippen molar-refractivity contribution < 1.29 is 9.84 Å². The van der Waals surface area contributed by atoms with E-state index in [1.165, 1.54) is 0 Å². The molecule has 0 radical (unpaired) electrons. The average molecular weight is 374 g/mol. The Labute approximate surface area is 163 Å². The van der Waals surface area contributed by atoms with Crippen LogP contribution >= 0.6 is 0 Å². The number of aromatic amines is 1. The minimum absolute atomic E-state index is 0.0186. The summed E-state index contributed by atoms with van der Waals surface area (Å²) >= 11 is 0. The summed E-state index contributed by atoms with van der Waals surface area (Å²) in [5.41, 5.74) is 4.21. The Bertz CT molecular complexity index is 1090. The first kappa shape index (κ1) is 18.0. The van der Waals surface area contributed by atoms with Crippen molar-refractivity contribution in [3.8, 4) is 5.75 Å². The van der Waals surface area contributed by atoms with Gasteiger partial charge in [0.25, 0.3) is 0 Å². The van der Waals surface area contributed by atoms with Gasteiger partial charge < -0.3 is 20.1 Å². The fourth-order valence-electron chi connectivity index (χ4n) is 3.17. The molecule has 2 heterocycles. The van der Waals surface area contributed by atoms with Crippen molar-refractivity contribution in [2.75, 3.05) is 18.5 Å². The first-order valence-electron chi connectivity index (χ1n) is 9.21. The number of aliphatic hydroxyl groups excluding tert-OH is 1. The molecule has 28 heavy (non-hydrogen) atoms. The van der Waals surface area contributed by atoms with Gasteiger partial charge in [-0.05, 0) is 43.3 Å². The maximum atomic E-state index is 8.99. The number of hydrogen-bond acceptors (Lipinski definition) is 5. The topological polar surface area (TPSA) is 83.1 Å². The second kappa shape index (κ2) is 8.10. The smallest absolute Gasteiger partial charge is 0.135 e. The number of hydrogen-bond donors (Lipinski definition) is 3. The van der Waals surface area contributed by atoms with Crippen molar-refractivity contribution in [2.45, 2.75) is 13.3 Å². The lowest BCUT2D eigenvalue weighted by Gasteiger charge is -2.11. The van der Waals surface area contributed by atoms with Gasteiger partial charge in [0.05, 0.1) is 6.61 Å². The Balaban J connectivity index is 1.53. The van der Waals surface area contributed by atoms with Crippen LogP contribution in [-0.2, 0) is 6.42 Å². The molecule has 0 atom stereocenters. The molecule has 0 aliphatic heterocycles. The van der Waals surface area contributed by atoms with E-state index >= 15 is 0 Å². The van der Waals surface area contributed by atoms with Gasteiger partial charge in [-0.2, -0.15) is 0 Å². The predicted octanol–water partition coefficient (Wildman–Crippen LogP) is 3.97. The zero-order valence-electron chi connectivity index (χ0n) is 15.6. The highest BCUT2D eigenvalue weighted by atomic mass is 16.5. The van der Waals surface area contributed by atoms with Gasteiger partial charge >= 0.3 is 0 Å². The molecule has 0 saturated carbocycles. The predicted molar refractivity (Wildman–Crippen MR) is 110 cm³/mol. The molecule has 2 aromatic carbocycles. The molecule has 0 spiro atoms. The molecule has 142 valence electrons. The summed E-state index contributed by atoms with van der Waals surface area (Å²) in [5, 5.41) is 13.5. The zero-order chi connectivity index (χ0) is 19.3. The maximum Gasteiger partial charge on any atom is 0.135 e. The molecule has 6 nitrogen and oxygen atoms in total. The molecule has 0 fully saturated rings. The molecule has 2 aromatic heterocycles. The lowest BCUT2D eigenvalue weighted by atomic mass is 10.1. The van der Waals surface area contributed by atoms with E-state index < -0.39 is 0 Å². The Hall–Kier alpha value is -3.38. The van der Waals surface area contributed by atoms with E-state index in [1.807, 2.05) is 43.3 Å². The molecular formula is C22H22N4O2. The number of aliphatic hydroxyl groups is 1. The van der Waals surface area contributed by atoms with Crippen molar-refractivity contribution in [3.05, 3.63) is 77.9 Å². The van der Waals surface area contributed by atoms with Crippen molar-refractivity contribution >= 4 is 22.4 Å².